The van der Waals surface area contributed by atoms with Gasteiger partial charge in [-0.3, -0.25) is 0 Å². The molecule has 1 aliphatic rings. The molecule has 18 heavy (non-hydrogen) atoms. The van der Waals surface area contributed by atoms with Gasteiger partial charge < -0.3 is 15.7 Å². The van der Waals surface area contributed by atoms with Gasteiger partial charge in [0.05, 0.1) is 12.2 Å². The zero-order chi connectivity index (χ0) is 13.0. The summed E-state index contributed by atoms with van der Waals surface area (Å²) >= 11 is 0. The lowest BCUT2D eigenvalue weighted by atomic mass is 9.83. The first kappa shape index (κ1) is 12.7. The minimum Gasteiger partial charge on any atom is -0.493 e. The van der Waals surface area contributed by atoms with Crippen LogP contribution in [0.1, 0.15) is 36.8 Å². The zero-order valence-electron chi connectivity index (χ0n) is 10.7. The summed E-state index contributed by atoms with van der Waals surface area (Å²) in [5, 5.41) is 11.8. The molecule has 0 amide bonds. The second-order valence-corrected chi connectivity index (χ2v) is 4.87. The highest BCUT2D eigenvalue weighted by Gasteiger charge is 2.18. The lowest BCUT2D eigenvalue weighted by Crippen LogP contribution is -2.18. The summed E-state index contributed by atoms with van der Waals surface area (Å²) in [6.45, 7) is 2.66. The smallest absolute Gasteiger partial charge is 0.173 e. The Hall–Kier alpha value is -1.71. The molecule has 0 heterocycles. The number of aryl methyl sites for hydroxylation is 1. The van der Waals surface area contributed by atoms with Crippen molar-refractivity contribution < 1.29 is 9.94 Å². The van der Waals surface area contributed by atoms with E-state index < -0.39 is 0 Å². The molecule has 1 saturated carbocycles. The Kier molecular flexibility index (Phi) is 4.07. The van der Waals surface area contributed by atoms with Gasteiger partial charge in [0.1, 0.15) is 5.75 Å². The number of oxime groups is 1. The quantitative estimate of drug-likeness (QED) is 0.364. The van der Waals surface area contributed by atoms with Crippen LogP contribution in [0.5, 0.6) is 5.75 Å². The van der Waals surface area contributed by atoms with E-state index in [0.717, 1.165) is 23.7 Å². The Balaban J connectivity index is 2.04. The molecule has 0 spiro atoms. The van der Waals surface area contributed by atoms with Crippen LogP contribution in [-0.4, -0.2) is 17.6 Å². The van der Waals surface area contributed by atoms with E-state index in [9.17, 15) is 0 Å². The van der Waals surface area contributed by atoms with Crippen molar-refractivity contribution in [2.45, 2.75) is 32.6 Å². The molecule has 0 unspecified atom stereocenters. The van der Waals surface area contributed by atoms with Crippen LogP contribution in [0, 0.1) is 12.8 Å². The van der Waals surface area contributed by atoms with Gasteiger partial charge in [-0.05, 0) is 30.9 Å². The molecule has 4 nitrogen and oxygen atoms in total. The Morgan fingerprint density at radius 3 is 2.89 bits per heavy atom. The molecular weight excluding hydrogens is 228 g/mol. The summed E-state index contributed by atoms with van der Waals surface area (Å²) in [6.07, 6.45) is 5.09. The number of benzene rings is 1. The number of amidine groups is 1. The molecule has 3 N–H and O–H groups in total. The average Bonchev–Trinajstić information content (AvgIpc) is 2.32. The predicted molar refractivity (Wildman–Crippen MR) is 71.1 cm³/mol. The van der Waals surface area contributed by atoms with Crippen LogP contribution in [0.15, 0.2) is 23.4 Å². The molecule has 2 rings (SSSR count). The summed E-state index contributed by atoms with van der Waals surface area (Å²) in [5.41, 5.74) is 7.32. The number of para-hydroxylation sites is 1. The summed E-state index contributed by atoms with van der Waals surface area (Å²) in [4.78, 5) is 0. The minimum atomic E-state index is 0.0948. The molecule has 0 radical (unpaired) electrons. The highest BCUT2D eigenvalue weighted by molar-refractivity contribution is 5.99. The molecule has 1 aromatic carbocycles. The standard InChI is InChI=1S/C14H20N2O2/c1-10-4-2-7-12(14(15)16-17)13(10)18-9-8-11-5-3-6-11/h2,4,7,11,17H,3,5-6,8-9H2,1H3,(H2,15,16). The van der Waals surface area contributed by atoms with Crippen molar-refractivity contribution in [1.29, 1.82) is 0 Å². The van der Waals surface area contributed by atoms with Gasteiger partial charge in [-0.15, -0.1) is 0 Å². The number of ether oxygens (including phenoxy) is 1. The third-order valence-corrected chi connectivity index (χ3v) is 3.59. The fraction of sp³-hybridized carbons (Fsp3) is 0.500. The second-order valence-electron chi connectivity index (χ2n) is 4.87. The lowest BCUT2D eigenvalue weighted by Gasteiger charge is -2.25. The molecule has 1 aliphatic carbocycles. The minimum absolute atomic E-state index is 0.0948. The largest absolute Gasteiger partial charge is 0.493 e. The number of nitrogens with zero attached hydrogens (tertiary/aromatic N) is 1. The van der Waals surface area contributed by atoms with Gasteiger partial charge in [0.25, 0.3) is 0 Å². The Morgan fingerprint density at radius 1 is 1.50 bits per heavy atom. The van der Waals surface area contributed by atoms with Crippen LogP contribution in [-0.2, 0) is 0 Å². The van der Waals surface area contributed by atoms with E-state index in [-0.39, 0.29) is 5.84 Å². The van der Waals surface area contributed by atoms with Crippen molar-refractivity contribution in [3.63, 3.8) is 0 Å². The molecule has 0 aliphatic heterocycles. The fourth-order valence-electron chi connectivity index (χ4n) is 2.21. The van der Waals surface area contributed by atoms with Crippen molar-refractivity contribution in [2.75, 3.05) is 6.61 Å². The normalized spacial score (nSPS) is 16.4. The summed E-state index contributed by atoms with van der Waals surface area (Å²) < 4.78 is 5.83. The molecule has 0 bridgehead atoms. The highest BCUT2D eigenvalue weighted by Crippen LogP contribution is 2.30. The predicted octanol–water partition coefficient (Wildman–Crippen LogP) is 2.66. The van der Waals surface area contributed by atoms with E-state index >= 15 is 0 Å². The molecule has 0 atom stereocenters. The van der Waals surface area contributed by atoms with E-state index in [0.29, 0.717) is 12.2 Å². The third kappa shape index (κ3) is 2.75. The van der Waals surface area contributed by atoms with E-state index in [4.69, 9.17) is 15.7 Å². The fourth-order valence-corrected chi connectivity index (χ4v) is 2.21. The van der Waals surface area contributed by atoms with Crippen molar-refractivity contribution in [3.05, 3.63) is 29.3 Å². The van der Waals surface area contributed by atoms with E-state index in [1.54, 1.807) is 6.07 Å². The molecule has 1 aromatic rings. The monoisotopic (exact) mass is 248 g/mol. The number of hydrogen-bond donors (Lipinski definition) is 2. The van der Waals surface area contributed by atoms with Crippen molar-refractivity contribution in [3.8, 4) is 5.75 Å². The van der Waals surface area contributed by atoms with Gasteiger partial charge >= 0.3 is 0 Å². The SMILES string of the molecule is Cc1cccc(/C(N)=N/O)c1OCCC1CCC1. The topological polar surface area (TPSA) is 67.8 Å². The first-order valence-electron chi connectivity index (χ1n) is 6.42. The van der Waals surface area contributed by atoms with Crippen LogP contribution in [0.4, 0.5) is 0 Å². The van der Waals surface area contributed by atoms with Crippen molar-refractivity contribution in [2.24, 2.45) is 16.8 Å². The number of hydrogen-bond acceptors (Lipinski definition) is 3. The number of nitrogens with two attached hydrogens (primary N) is 1. The van der Waals surface area contributed by atoms with Crippen molar-refractivity contribution >= 4 is 5.84 Å². The second kappa shape index (κ2) is 5.76. The van der Waals surface area contributed by atoms with Gasteiger partial charge in [0, 0.05) is 0 Å². The Labute approximate surface area is 107 Å². The number of rotatable bonds is 5. The maximum absolute atomic E-state index is 8.77. The van der Waals surface area contributed by atoms with Gasteiger partial charge in [0.2, 0.25) is 0 Å². The maximum Gasteiger partial charge on any atom is 0.173 e. The zero-order valence-corrected chi connectivity index (χ0v) is 10.7. The average molecular weight is 248 g/mol. The first-order chi connectivity index (χ1) is 8.72. The van der Waals surface area contributed by atoms with Gasteiger partial charge in [-0.25, -0.2) is 0 Å². The molecule has 0 saturated heterocycles. The third-order valence-electron chi connectivity index (χ3n) is 3.59. The molecule has 4 heteroatoms. The maximum atomic E-state index is 8.77. The Morgan fingerprint density at radius 2 is 2.28 bits per heavy atom. The molecule has 1 fully saturated rings. The summed E-state index contributed by atoms with van der Waals surface area (Å²) in [7, 11) is 0. The van der Waals surface area contributed by atoms with Crippen LogP contribution in [0.2, 0.25) is 0 Å². The van der Waals surface area contributed by atoms with Crippen LogP contribution >= 0.6 is 0 Å². The van der Waals surface area contributed by atoms with Gasteiger partial charge in [0.15, 0.2) is 5.84 Å². The molecular formula is C14H20N2O2. The van der Waals surface area contributed by atoms with E-state index in [2.05, 4.69) is 5.16 Å². The lowest BCUT2D eigenvalue weighted by molar-refractivity contribution is 0.221. The summed E-state index contributed by atoms with van der Waals surface area (Å²) in [5.74, 6) is 1.64. The van der Waals surface area contributed by atoms with Crippen LogP contribution < -0.4 is 10.5 Å². The van der Waals surface area contributed by atoms with Crippen molar-refractivity contribution in [1.82, 2.24) is 0 Å². The Bertz CT molecular complexity index is 439. The highest BCUT2D eigenvalue weighted by atomic mass is 16.5. The van der Waals surface area contributed by atoms with E-state index in [1.807, 2.05) is 19.1 Å². The molecule has 98 valence electrons. The van der Waals surface area contributed by atoms with Crippen LogP contribution in [0.25, 0.3) is 0 Å². The molecule has 0 aromatic heterocycles. The van der Waals surface area contributed by atoms with Gasteiger partial charge in [-0.2, -0.15) is 0 Å². The first-order valence-corrected chi connectivity index (χ1v) is 6.42. The van der Waals surface area contributed by atoms with E-state index in [1.165, 1.54) is 19.3 Å². The van der Waals surface area contributed by atoms with Gasteiger partial charge in [-0.1, -0.05) is 36.6 Å². The summed E-state index contributed by atoms with van der Waals surface area (Å²) in [6, 6.07) is 5.65. The van der Waals surface area contributed by atoms with Crippen LogP contribution in [0.3, 0.4) is 0 Å².